The van der Waals surface area contributed by atoms with Crippen molar-refractivity contribution in [3.05, 3.63) is 42.5 Å². The minimum Gasteiger partial charge on any atom is -0.494 e. The van der Waals surface area contributed by atoms with Crippen molar-refractivity contribution < 1.29 is 93.7 Å². The molecule has 53 heavy (non-hydrogen) atoms. The fourth-order valence-corrected chi connectivity index (χ4v) is 5.11. The second-order valence-electron chi connectivity index (χ2n) is 11.5. The van der Waals surface area contributed by atoms with E-state index in [-0.39, 0.29) is 29.7 Å². The van der Waals surface area contributed by atoms with Crippen molar-refractivity contribution in [1.82, 2.24) is 0 Å². The molecule has 0 aliphatic heterocycles. The molecule has 0 fully saturated rings. The normalized spacial score (nSPS) is 13.9. The molecule has 1 rings (SSSR count). The summed E-state index contributed by atoms with van der Waals surface area (Å²) in [7, 11) is 0. The van der Waals surface area contributed by atoms with Gasteiger partial charge < -0.3 is 9.47 Å². The van der Waals surface area contributed by atoms with E-state index in [1.54, 1.807) is 0 Å². The number of hydrogen-bond acceptors (Lipinski definition) is 5. The summed E-state index contributed by atoms with van der Waals surface area (Å²) in [4.78, 5) is 23.1. The SMILES string of the molecule is C=CC(=O)OCCCCCCCCCCCOc1ccc(C(=O)SCCC(F)(F)C(F)(F)C(F)(F)C(F)(F)C(F)(F)C(F)(F)C(F)(F)C(F)(F)F)cc1. The molecule has 1 aromatic rings. The Morgan fingerprint density at radius 2 is 0.962 bits per heavy atom. The molecular weight excluding hydrogens is 791 g/mol. The van der Waals surface area contributed by atoms with E-state index in [2.05, 4.69) is 6.58 Å². The van der Waals surface area contributed by atoms with Crippen molar-refractivity contribution in [1.29, 1.82) is 0 Å². The molecule has 0 amide bonds. The zero-order valence-electron chi connectivity index (χ0n) is 27.3. The van der Waals surface area contributed by atoms with Crippen LogP contribution in [0, 0.1) is 0 Å². The van der Waals surface area contributed by atoms with Gasteiger partial charge in [0.05, 0.1) is 13.2 Å². The number of carbonyl (C=O) groups is 2. The van der Waals surface area contributed by atoms with Crippen LogP contribution in [0.25, 0.3) is 0 Å². The van der Waals surface area contributed by atoms with Crippen LogP contribution in [0.15, 0.2) is 36.9 Å². The van der Waals surface area contributed by atoms with E-state index in [9.17, 15) is 84.2 Å². The van der Waals surface area contributed by atoms with Crippen LogP contribution in [0.4, 0.5) is 74.6 Å². The molecule has 306 valence electrons. The lowest BCUT2D eigenvalue weighted by molar-refractivity contribution is -0.461. The number of hydrogen-bond donors (Lipinski definition) is 0. The maximum atomic E-state index is 14.1. The molecule has 0 bridgehead atoms. The van der Waals surface area contributed by atoms with Gasteiger partial charge in [0.1, 0.15) is 5.75 Å². The van der Waals surface area contributed by atoms with Crippen LogP contribution < -0.4 is 4.74 Å². The number of unbranched alkanes of at least 4 members (excludes halogenated alkanes) is 8. The van der Waals surface area contributed by atoms with Crippen molar-refractivity contribution in [2.75, 3.05) is 19.0 Å². The predicted octanol–water partition coefficient (Wildman–Crippen LogP) is 11.6. The Morgan fingerprint density at radius 3 is 1.40 bits per heavy atom. The molecule has 0 unspecified atom stereocenters. The molecule has 4 nitrogen and oxygen atoms in total. The van der Waals surface area contributed by atoms with Crippen molar-refractivity contribution in [3.8, 4) is 5.75 Å². The highest BCUT2D eigenvalue weighted by molar-refractivity contribution is 8.14. The minimum absolute atomic E-state index is 0.232. The van der Waals surface area contributed by atoms with Gasteiger partial charge in [-0.1, -0.05) is 63.3 Å². The van der Waals surface area contributed by atoms with Crippen LogP contribution in [0.3, 0.4) is 0 Å². The first-order valence-corrected chi connectivity index (χ1v) is 16.5. The van der Waals surface area contributed by atoms with E-state index in [0.717, 1.165) is 69.6 Å². The third-order valence-electron chi connectivity index (χ3n) is 7.49. The Bertz CT molecular complexity index is 1330. The van der Waals surface area contributed by atoms with Crippen LogP contribution in [0.2, 0.25) is 0 Å². The summed E-state index contributed by atoms with van der Waals surface area (Å²) in [5, 5.41) is -1.19. The molecule has 0 aliphatic rings. The zero-order chi connectivity index (χ0) is 41.2. The second-order valence-corrected chi connectivity index (χ2v) is 12.5. The van der Waals surface area contributed by atoms with E-state index in [1.807, 2.05) is 0 Å². The molecule has 0 atom stereocenters. The number of rotatable bonds is 24. The van der Waals surface area contributed by atoms with Crippen LogP contribution in [-0.4, -0.2) is 77.7 Å². The van der Waals surface area contributed by atoms with Crippen molar-refractivity contribution in [3.63, 3.8) is 0 Å². The first kappa shape index (κ1) is 48.1. The molecule has 0 saturated carbocycles. The van der Waals surface area contributed by atoms with E-state index in [0.29, 0.717) is 13.0 Å². The summed E-state index contributed by atoms with van der Waals surface area (Å²) in [6.07, 6.45) is -1.41. The van der Waals surface area contributed by atoms with Crippen molar-refractivity contribution in [2.24, 2.45) is 0 Å². The maximum Gasteiger partial charge on any atom is 0.460 e. The lowest BCUT2D eigenvalue weighted by Gasteiger charge is -2.42. The summed E-state index contributed by atoms with van der Waals surface area (Å²) in [5.41, 5.74) is -0.306. The summed E-state index contributed by atoms with van der Waals surface area (Å²) in [5.74, 6) is -58.6. The Morgan fingerprint density at radius 1 is 0.566 bits per heavy atom. The monoisotopic (exact) mass is 824 g/mol. The van der Waals surface area contributed by atoms with Gasteiger partial charge in [-0.15, -0.1) is 0 Å². The van der Waals surface area contributed by atoms with Crippen LogP contribution in [-0.2, 0) is 9.53 Å². The van der Waals surface area contributed by atoms with Crippen LogP contribution in [0.5, 0.6) is 5.75 Å². The molecule has 0 aliphatic carbocycles. The highest BCUT2D eigenvalue weighted by Gasteiger charge is 2.95. The van der Waals surface area contributed by atoms with Gasteiger partial charge in [0.25, 0.3) is 0 Å². The average Bonchev–Trinajstić information content (AvgIpc) is 3.05. The van der Waals surface area contributed by atoms with E-state index < -0.39 is 70.9 Å². The molecule has 1 aromatic carbocycles. The van der Waals surface area contributed by atoms with Gasteiger partial charge in [0, 0.05) is 23.8 Å². The topological polar surface area (TPSA) is 52.6 Å². The van der Waals surface area contributed by atoms with Gasteiger partial charge >= 0.3 is 53.6 Å². The lowest BCUT2D eigenvalue weighted by Crippen LogP contribution is -2.74. The Kier molecular flexibility index (Phi) is 16.9. The molecule has 0 saturated heterocycles. The van der Waals surface area contributed by atoms with E-state index in [4.69, 9.17) is 9.47 Å². The Labute approximate surface area is 295 Å². The highest BCUT2D eigenvalue weighted by atomic mass is 32.2. The molecule has 0 N–H and O–H groups in total. The Hall–Kier alpha value is -2.94. The molecule has 22 heteroatoms. The van der Waals surface area contributed by atoms with Gasteiger partial charge in [-0.3, -0.25) is 4.79 Å². The smallest absolute Gasteiger partial charge is 0.460 e. The maximum absolute atomic E-state index is 14.1. The number of benzene rings is 1. The molecular formula is C31H33F17O4S. The largest absolute Gasteiger partial charge is 0.494 e. The predicted molar refractivity (Wildman–Crippen MR) is 157 cm³/mol. The zero-order valence-corrected chi connectivity index (χ0v) is 28.1. The van der Waals surface area contributed by atoms with Crippen LogP contribution >= 0.6 is 11.8 Å². The second kappa shape index (κ2) is 18.6. The first-order valence-electron chi connectivity index (χ1n) is 15.5. The van der Waals surface area contributed by atoms with Crippen LogP contribution in [0.1, 0.15) is 74.6 Å². The number of esters is 1. The molecule has 0 aromatic heterocycles. The number of halogens is 17. The summed E-state index contributed by atoms with van der Waals surface area (Å²) in [6, 6.07) is 4.59. The number of carbonyl (C=O) groups excluding carboxylic acids is 2. The average molecular weight is 825 g/mol. The number of ether oxygens (including phenoxy) is 2. The van der Waals surface area contributed by atoms with Crippen molar-refractivity contribution >= 4 is 22.8 Å². The standard InChI is InChI=1S/C31H33F17O4S/c1-2-22(49)52-18-11-9-7-5-3-4-6-8-10-17-51-21-14-12-20(13-15-21)23(50)53-19-16-24(32,33)25(34,35)26(36,37)27(38,39)28(40,41)29(42,43)30(44,45)31(46,47)48/h2,12-15H,1,3-11,16-19H2. The fourth-order valence-electron chi connectivity index (χ4n) is 4.26. The van der Waals surface area contributed by atoms with Gasteiger partial charge in [-0.25, -0.2) is 4.79 Å². The third kappa shape index (κ3) is 11.1. The highest BCUT2D eigenvalue weighted by Crippen LogP contribution is 2.64. The summed E-state index contributed by atoms with van der Waals surface area (Å²) in [6.45, 7) is 3.88. The third-order valence-corrected chi connectivity index (χ3v) is 8.40. The molecule has 0 spiro atoms. The molecule has 0 heterocycles. The summed E-state index contributed by atoms with van der Waals surface area (Å²) < 4.78 is 238. The van der Waals surface area contributed by atoms with E-state index >= 15 is 0 Å². The van der Waals surface area contributed by atoms with Gasteiger partial charge in [0.15, 0.2) is 0 Å². The van der Waals surface area contributed by atoms with Gasteiger partial charge in [-0.05, 0) is 37.1 Å². The first-order chi connectivity index (χ1) is 24.1. The number of alkyl halides is 17. The quantitative estimate of drug-likeness (QED) is 0.0450. The fraction of sp³-hybridized carbons (Fsp3) is 0.677. The van der Waals surface area contributed by atoms with Crippen molar-refractivity contribution in [2.45, 2.75) is 112 Å². The lowest BCUT2D eigenvalue weighted by atomic mass is 9.88. The molecule has 0 radical (unpaired) electrons. The Balaban J connectivity index is 2.64. The van der Waals surface area contributed by atoms with Gasteiger partial charge in [0.2, 0.25) is 5.12 Å². The van der Waals surface area contributed by atoms with Gasteiger partial charge in [-0.2, -0.15) is 74.6 Å². The number of thioether (sulfide) groups is 1. The summed E-state index contributed by atoms with van der Waals surface area (Å²) >= 11 is -0.288. The van der Waals surface area contributed by atoms with E-state index in [1.165, 1.54) is 12.1 Å². The minimum atomic E-state index is -8.68.